The van der Waals surface area contributed by atoms with Crippen LogP contribution in [0.15, 0.2) is 16.9 Å². The molecule has 78 valence electrons. The molecule has 0 fully saturated rings. The molecule has 0 atom stereocenters. The number of nitrogens with zero attached hydrogens (tertiary/aromatic N) is 2. The maximum atomic E-state index is 11.6. The Kier molecular flexibility index (Phi) is 3.31. The first-order valence-electron chi connectivity index (χ1n) is 4.36. The predicted molar refractivity (Wildman–Crippen MR) is 55.9 cm³/mol. The van der Waals surface area contributed by atoms with E-state index in [4.69, 9.17) is 4.74 Å². The molecule has 0 saturated heterocycles. The predicted octanol–water partition coefficient (Wildman–Crippen LogP) is 1.94. The van der Waals surface area contributed by atoms with Gasteiger partial charge in [0.25, 0.3) is 0 Å². The van der Waals surface area contributed by atoms with Gasteiger partial charge in [-0.1, -0.05) is 0 Å². The molecule has 0 aliphatic heterocycles. The Bertz CT molecular complexity index is 333. The van der Waals surface area contributed by atoms with Gasteiger partial charge < -0.3 is 4.74 Å². The Labute approximate surface area is 91.4 Å². The van der Waals surface area contributed by atoms with Crippen LogP contribution in [0.1, 0.15) is 20.8 Å². The molecule has 1 heterocycles. The van der Waals surface area contributed by atoms with E-state index in [1.807, 2.05) is 0 Å². The van der Waals surface area contributed by atoms with E-state index in [0.717, 1.165) is 4.47 Å². The smallest absolute Gasteiger partial charge is 0.333 e. The van der Waals surface area contributed by atoms with Crippen molar-refractivity contribution < 1.29 is 9.53 Å². The maximum absolute atomic E-state index is 11.6. The number of rotatable bonds is 3. The number of ether oxygens (including phenoxy) is 1. The van der Waals surface area contributed by atoms with Gasteiger partial charge in [0.15, 0.2) is 5.54 Å². The van der Waals surface area contributed by atoms with Crippen molar-refractivity contribution in [2.45, 2.75) is 26.3 Å². The lowest BCUT2D eigenvalue weighted by Crippen LogP contribution is -2.37. The summed E-state index contributed by atoms with van der Waals surface area (Å²) in [5.41, 5.74) is -0.762. The van der Waals surface area contributed by atoms with Crippen LogP contribution in [0.5, 0.6) is 0 Å². The second-order valence-electron chi connectivity index (χ2n) is 3.38. The average Bonchev–Trinajstić information content (AvgIpc) is 2.52. The monoisotopic (exact) mass is 260 g/mol. The van der Waals surface area contributed by atoms with Gasteiger partial charge in [0.1, 0.15) is 0 Å². The molecule has 1 aromatic heterocycles. The first-order valence-corrected chi connectivity index (χ1v) is 5.15. The number of hydrogen-bond donors (Lipinski definition) is 0. The van der Waals surface area contributed by atoms with Gasteiger partial charge in [-0.15, -0.1) is 0 Å². The fraction of sp³-hybridized carbons (Fsp3) is 0.556. The molecule has 14 heavy (non-hydrogen) atoms. The Morgan fingerprint density at radius 3 is 2.79 bits per heavy atom. The van der Waals surface area contributed by atoms with Crippen molar-refractivity contribution in [2.75, 3.05) is 6.61 Å². The number of hydrogen-bond acceptors (Lipinski definition) is 3. The van der Waals surface area contributed by atoms with E-state index in [-0.39, 0.29) is 5.97 Å². The van der Waals surface area contributed by atoms with Crippen LogP contribution >= 0.6 is 15.9 Å². The molecule has 1 aromatic rings. The molecule has 4 nitrogen and oxygen atoms in total. The molecule has 0 radical (unpaired) electrons. The van der Waals surface area contributed by atoms with Gasteiger partial charge in [0.2, 0.25) is 0 Å². The largest absolute Gasteiger partial charge is 0.464 e. The summed E-state index contributed by atoms with van der Waals surface area (Å²) in [4.78, 5) is 11.6. The summed E-state index contributed by atoms with van der Waals surface area (Å²) in [5, 5.41) is 4.06. The summed E-state index contributed by atoms with van der Waals surface area (Å²) >= 11 is 3.28. The van der Waals surface area contributed by atoms with Crippen LogP contribution in [0.3, 0.4) is 0 Å². The molecule has 0 N–H and O–H groups in total. The molecule has 1 rings (SSSR count). The quantitative estimate of drug-likeness (QED) is 0.781. The van der Waals surface area contributed by atoms with Crippen molar-refractivity contribution in [3.63, 3.8) is 0 Å². The summed E-state index contributed by atoms with van der Waals surface area (Å²) in [6, 6.07) is 0. The minimum absolute atomic E-state index is 0.282. The van der Waals surface area contributed by atoms with Crippen LogP contribution < -0.4 is 0 Å². The second kappa shape index (κ2) is 4.13. The molecule has 0 saturated carbocycles. The zero-order chi connectivity index (χ0) is 10.8. The van der Waals surface area contributed by atoms with Crippen LogP contribution in [0.4, 0.5) is 0 Å². The molecule has 0 bridgehead atoms. The number of halogens is 1. The lowest BCUT2D eigenvalue weighted by molar-refractivity contribution is -0.152. The van der Waals surface area contributed by atoms with Gasteiger partial charge in [0.05, 0.1) is 17.3 Å². The molecular formula is C9H13BrN2O2. The van der Waals surface area contributed by atoms with E-state index >= 15 is 0 Å². The van der Waals surface area contributed by atoms with Crippen LogP contribution in [0.25, 0.3) is 0 Å². The Hall–Kier alpha value is -0.840. The van der Waals surface area contributed by atoms with Crippen molar-refractivity contribution in [2.24, 2.45) is 0 Å². The highest BCUT2D eigenvalue weighted by Crippen LogP contribution is 2.18. The van der Waals surface area contributed by atoms with E-state index in [9.17, 15) is 4.79 Å². The maximum Gasteiger partial charge on any atom is 0.333 e. The fourth-order valence-corrected chi connectivity index (χ4v) is 1.29. The van der Waals surface area contributed by atoms with Gasteiger partial charge in [0, 0.05) is 6.20 Å². The third kappa shape index (κ3) is 2.15. The molecule has 0 unspecified atom stereocenters. The van der Waals surface area contributed by atoms with E-state index in [1.54, 1.807) is 37.8 Å². The molecule has 5 heteroatoms. The molecule has 0 aliphatic rings. The van der Waals surface area contributed by atoms with Gasteiger partial charge in [-0.05, 0) is 36.7 Å². The Morgan fingerprint density at radius 2 is 2.36 bits per heavy atom. The molecule has 0 amide bonds. The fourth-order valence-electron chi connectivity index (χ4n) is 1.01. The van der Waals surface area contributed by atoms with Crippen LogP contribution in [-0.2, 0) is 15.1 Å². The molecule has 0 spiro atoms. The summed E-state index contributed by atoms with van der Waals surface area (Å²) in [6.45, 7) is 5.70. The van der Waals surface area contributed by atoms with Crippen LogP contribution in [0, 0.1) is 0 Å². The Balaban J connectivity index is 2.89. The highest BCUT2D eigenvalue weighted by molar-refractivity contribution is 9.10. The zero-order valence-electron chi connectivity index (χ0n) is 8.45. The number of aromatic nitrogens is 2. The van der Waals surface area contributed by atoms with Gasteiger partial charge >= 0.3 is 5.97 Å². The van der Waals surface area contributed by atoms with Crippen molar-refractivity contribution in [3.8, 4) is 0 Å². The Morgan fingerprint density at radius 1 is 1.71 bits per heavy atom. The highest BCUT2D eigenvalue weighted by atomic mass is 79.9. The lowest BCUT2D eigenvalue weighted by atomic mass is 10.1. The lowest BCUT2D eigenvalue weighted by Gasteiger charge is -2.22. The van der Waals surface area contributed by atoms with Crippen LogP contribution in [0.2, 0.25) is 0 Å². The van der Waals surface area contributed by atoms with E-state index in [2.05, 4.69) is 21.0 Å². The topological polar surface area (TPSA) is 44.1 Å². The molecular weight excluding hydrogens is 248 g/mol. The molecule has 0 aromatic carbocycles. The standard InChI is InChI=1S/C9H13BrN2O2/c1-4-14-8(13)9(2,3)12-6-7(10)5-11-12/h5-6H,4H2,1-3H3. The van der Waals surface area contributed by atoms with E-state index in [1.165, 1.54) is 0 Å². The van der Waals surface area contributed by atoms with Crippen molar-refractivity contribution in [1.82, 2.24) is 9.78 Å². The normalized spacial score (nSPS) is 11.4. The average molecular weight is 261 g/mol. The summed E-state index contributed by atoms with van der Waals surface area (Å²) in [6.07, 6.45) is 3.39. The zero-order valence-corrected chi connectivity index (χ0v) is 10.0. The van der Waals surface area contributed by atoms with Crippen molar-refractivity contribution in [1.29, 1.82) is 0 Å². The van der Waals surface area contributed by atoms with Gasteiger partial charge in [-0.3, -0.25) is 4.68 Å². The summed E-state index contributed by atoms with van der Waals surface area (Å²) < 4.78 is 7.38. The van der Waals surface area contributed by atoms with Gasteiger partial charge in [-0.25, -0.2) is 4.79 Å². The summed E-state index contributed by atoms with van der Waals surface area (Å²) in [7, 11) is 0. The first-order chi connectivity index (χ1) is 6.48. The van der Waals surface area contributed by atoms with Crippen molar-refractivity contribution in [3.05, 3.63) is 16.9 Å². The van der Waals surface area contributed by atoms with E-state index in [0.29, 0.717) is 6.61 Å². The number of carbonyl (C=O) groups excluding carboxylic acids is 1. The minimum Gasteiger partial charge on any atom is -0.464 e. The minimum atomic E-state index is -0.762. The number of carbonyl (C=O) groups is 1. The first kappa shape index (κ1) is 11.2. The SMILES string of the molecule is CCOC(=O)C(C)(C)n1cc(Br)cn1. The number of esters is 1. The van der Waals surface area contributed by atoms with E-state index < -0.39 is 5.54 Å². The van der Waals surface area contributed by atoms with Gasteiger partial charge in [-0.2, -0.15) is 5.10 Å². The highest BCUT2D eigenvalue weighted by Gasteiger charge is 2.31. The van der Waals surface area contributed by atoms with Crippen LogP contribution in [-0.4, -0.2) is 22.4 Å². The second-order valence-corrected chi connectivity index (χ2v) is 4.30. The molecule has 0 aliphatic carbocycles. The third-order valence-corrected chi connectivity index (χ3v) is 2.31. The third-order valence-electron chi connectivity index (χ3n) is 1.90. The summed E-state index contributed by atoms with van der Waals surface area (Å²) in [5.74, 6) is -0.282. The van der Waals surface area contributed by atoms with Crippen molar-refractivity contribution >= 4 is 21.9 Å².